The van der Waals surface area contributed by atoms with Gasteiger partial charge in [-0.1, -0.05) is 36.4 Å². The minimum atomic E-state index is -0.389. The molecule has 24 heavy (non-hydrogen) atoms. The number of nitrogens with zero attached hydrogens (tertiary/aromatic N) is 1. The molecule has 1 saturated heterocycles. The Morgan fingerprint density at radius 2 is 1.96 bits per heavy atom. The van der Waals surface area contributed by atoms with Gasteiger partial charge < -0.3 is 20.6 Å². The summed E-state index contributed by atoms with van der Waals surface area (Å²) in [4.78, 5) is 25.9. The van der Waals surface area contributed by atoms with Crippen LogP contribution < -0.4 is 10.6 Å². The number of amides is 3. The average molecular weight is 325 g/mol. The van der Waals surface area contributed by atoms with Crippen molar-refractivity contribution in [2.75, 3.05) is 11.9 Å². The van der Waals surface area contributed by atoms with E-state index in [9.17, 15) is 14.7 Å². The highest BCUT2D eigenvalue weighted by Gasteiger charge is 2.30. The second-order valence-corrected chi connectivity index (χ2v) is 5.81. The molecule has 0 aliphatic carbocycles. The van der Waals surface area contributed by atoms with Crippen LogP contribution in [0.1, 0.15) is 12.0 Å². The number of nitrogens with one attached hydrogen (secondary N) is 2. The first-order valence-electron chi connectivity index (χ1n) is 7.78. The molecule has 6 heteroatoms. The van der Waals surface area contributed by atoms with Crippen LogP contribution in [-0.2, 0) is 11.3 Å². The number of likely N-dealkylation sites (tertiary alicyclic amines) is 1. The Kier molecular flexibility index (Phi) is 4.65. The van der Waals surface area contributed by atoms with E-state index in [-0.39, 0.29) is 23.7 Å². The van der Waals surface area contributed by atoms with Gasteiger partial charge in [0.25, 0.3) is 0 Å². The van der Waals surface area contributed by atoms with Crippen LogP contribution in [0.15, 0.2) is 54.6 Å². The number of carbonyl (C=O) groups is 2. The Hall–Kier alpha value is -3.02. The molecule has 0 aromatic heterocycles. The van der Waals surface area contributed by atoms with E-state index in [1.165, 1.54) is 12.1 Å². The molecule has 1 fully saturated rings. The van der Waals surface area contributed by atoms with E-state index in [1.807, 2.05) is 30.3 Å². The molecule has 1 heterocycles. The number of anilines is 1. The van der Waals surface area contributed by atoms with Gasteiger partial charge in [-0.15, -0.1) is 0 Å². The lowest BCUT2D eigenvalue weighted by Crippen LogP contribution is -2.39. The van der Waals surface area contributed by atoms with E-state index in [2.05, 4.69) is 10.6 Å². The third-order valence-corrected chi connectivity index (χ3v) is 3.87. The fourth-order valence-corrected chi connectivity index (χ4v) is 2.76. The van der Waals surface area contributed by atoms with Gasteiger partial charge in [-0.25, -0.2) is 4.79 Å². The fourth-order valence-electron chi connectivity index (χ4n) is 2.76. The fraction of sp³-hybridized carbons (Fsp3) is 0.222. The highest BCUT2D eigenvalue weighted by Crippen LogP contribution is 2.17. The molecule has 2 aromatic rings. The van der Waals surface area contributed by atoms with Crippen LogP contribution in [0, 0.1) is 0 Å². The molecule has 0 spiro atoms. The van der Waals surface area contributed by atoms with Gasteiger partial charge in [0.15, 0.2) is 0 Å². The Morgan fingerprint density at radius 3 is 2.71 bits per heavy atom. The lowest BCUT2D eigenvalue weighted by atomic mass is 10.2. The second-order valence-electron chi connectivity index (χ2n) is 5.81. The first-order valence-corrected chi connectivity index (χ1v) is 7.78. The summed E-state index contributed by atoms with van der Waals surface area (Å²) >= 11 is 0. The van der Waals surface area contributed by atoms with Crippen LogP contribution in [0.3, 0.4) is 0 Å². The molecule has 3 N–H and O–H groups in total. The zero-order valence-corrected chi connectivity index (χ0v) is 13.1. The van der Waals surface area contributed by atoms with Crippen LogP contribution in [0.25, 0.3) is 0 Å². The minimum absolute atomic E-state index is 0.0292. The van der Waals surface area contributed by atoms with Crippen molar-refractivity contribution < 1.29 is 14.7 Å². The number of urea groups is 1. The number of phenols is 1. The zero-order chi connectivity index (χ0) is 16.9. The maximum absolute atomic E-state index is 12.1. The number of aromatic hydroxyl groups is 1. The molecule has 3 amide bonds. The van der Waals surface area contributed by atoms with Crippen LogP contribution in [0.4, 0.5) is 10.5 Å². The van der Waals surface area contributed by atoms with Gasteiger partial charge in [0.05, 0.1) is 6.04 Å². The van der Waals surface area contributed by atoms with Gasteiger partial charge in [-0.3, -0.25) is 4.79 Å². The Bertz CT molecular complexity index is 733. The average Bonchev–Trinajstić information content (AvgIpc) is 2.87. The first-order chi connectivity index (χ1) is 11.6. The Morgan fingerprint density at radius 1 is 1.17 bits per heavy atom. The van der Waals surface area contributed by atoms with Gasteiger partial charge in [0.2, 0.25) is 5.91 Å². The van der Waals surface area contributed by atoms with Crippen LogP contribution in [-0.4, -0.2) is 34.5 Å². The first kappa shape index (κ1) is 15.9. The van der Waals surface area contributed by atoms with Crippen molar-refractivity contribution in [1.82, 2.24) is 10.2 Å². The number of benzene rings is 2. The van der Waals surface area contributed by atoms with E-state index in [1.54, 1.807) is 17.0 Å². The molecule has 1 atom stereocenters. The maximum atomic E-state index is 12.1. The van der Waals surface area contributed by atoms with Gasteiger partial charge >= 0.3 is 6.03 Å². The lowest BCUT2D eigenvalue weighted by molar-refractivity contribution is -0.128. The van der Waals surface area contributed by atoms with Crippen LogP contribution in [0.5, 0.6) is 5.75 Å². The molecular formula is C18H19N3O3. The smallest absolute Gasteiger partial charge is 0.319 e. The topological polar surface area (TPSA) is 81.7 Å². The SMILES string of the molecule is O=C(Nc1cccc(O)c1)NC1CC(=O)N(Cc2ccccc2)C1. The summed E-state index contributed by atoms with van der Waals surface area (Å²) in [6, 6.07) is 15.5. The molecule has 1 aliphatic heterocycles. The van der Waals surface area contributed by atoms with Gasteiger partial charge in [-0.05, 0) is 17.7 Å². The van der Waals surface area contributed by atoms with Crippen molar-refractivity contribution in [3.8, 4) is 5.75 Å². The minimum Gasteiger partial charge on any atom is -0.508 e. The van der Waals surface area contributed by atoms with E-state index in [0.29, 0.717) is 25.2 Å². The quantitative estimate of drug-likeness (QED) is 0.807. The van der Waals surface area contributed by atoms with Gasteiger partial charge in [-0.2, -0.15) is 0 Å². The molecule has 0 radical (unpaired) electrons. The number of rotatable bonds is 4. The van der Waals surface area contributed by atoms with E-state index < -0.39 is 0 Å². The number of phenolic OH excluding ortho intramolecular Hbond substituents is 1. The highest BCUT2D eigenvalue weighted by molar-refractivity contribution is 5.90. The van der Waals surface area contributed by atoms with Gasteiger partial charge in [0, 0.05) is 31.3 Å². The van der Waals surface area contributed by atoms with Crippen molar-refractivity contribution in [1.29, 1.82) is 0 Å². The molecule has 3 rings (SSSR count). The third kappa shape index (κ3) is 4.04. The molecule has 1 unspecified atom stereocenters. The summed E-state index contributed by atoms with van der Waals surface area (Å²) in [6.07, 6.45) is 0.292. The van der Waals surface area contributed by atoms with Crippen molar-refractivity contribution in [3.63, 3.8) is 0 Å². The van der Waals surface area contributed by atoms with Crippen molar-refractivity contribution in [2.24, 2.45) is 0 Å². The highest BCUT2D eigenvalue weighted by atomic mass is 16.3. The summed E-state index contributed by atoms with van der Waals surface area (Å²) in [5, 5.41) is 14.8. The van der Waals surface area contributed by atoms with E-state index >= 15 is 0 Å². The lowest BCUT2D eigenvalue weighted by Gasteiger charge is -2.17. The predicted octanol–water partition coefficient (Wildman–Crippen LogP) is 2.31. The Balaban J connectivity index is 1.53. The summed E-state index contributed by atoms with van der Waals surface area (Å²) in [6.45, 7) is 1.03. The third-order valence-electron chi connectivity index (χ3n) is 3.87. The summed E-state index contributed by atoms with van der Waals surface area (Å²) in [5.74, 6) is 0.111. The summed E-state index contributed by atoms with van der Waals surface area (Å²) < 4.78 is 0. The summed E-state index contributed by atoms with van der Waals surface area (Å²) in [7, 11) is 0. The van der Waals surface area contributed by atoms with Crippen molar-refractivity contribution in [3.05, 3.63) is 60.2 Å². The zero-order valence-electron chi connectivity index (χ0n) is 13.1. The summed E-state index contributed by atoms with van der Waals surface area (Å²) in [5.41, 5.74) is 1.56. The van der Waals surface area contributed by atoms with Crippen LogP contribution >= 0.6 is 0 Å². The molecule has 0 bridgehead atoms. The Labute approximate surface area is 140 Å². The number of hydrogen-bond donors (Lipinski definition) is 3. The monoisotopic (exact) mass is 325 g/mol. The number of carbonyl (C=O) groups excluding carboxylic acids is 2. The largest absolute Gasteiger partial charge is 0.508 e. The second kappa shape index (κ2) is 7.04. The normalized spacial score (nSPS) is 16.9. The molecule has 124 valence electrons. The molecule has 6 nitrogen and oxygen atoms in total. The van der Waals surface area contributed by atoms with Crippen molar-refractivity contribution in [2.45, 2.75) is 19.0 Å². The molecule has 0 saturated carbocycles. The molecule has 1 aliphatic rings. The van der Waals surface area contributed by atoms with E-state index in [0.717, 1.165) is 5.56 Å². The van der Waals surface area contributed by atoms with E-state index in [4.69, 9.17) is 0 Å². The maximum Gasteiger partial charge on any atom is 0.319 e. The molecular weight excluding hydrogens is 306 g/mol. The predicted molar refractivity (Wildman–Crippen MR) is 90.5 cm³/mol. The standard InChI is InChI=1S/C18H19N3O3/c22-16-8-4-7-14(9-16)19-18(24)20-15-10-17(23)21(12-15)11-13-5-2-1-3-6-13/h1-9,15,22H,10-12H2,(H2,19,20,24). The van der Waals surface area contributed by atoms with Gasteiger partial charge in [0.1, 0.15) is 5.75 Å². The number of hydrogen-bond acceptors (Lipinski definition) is 3. The van der Waals surface area contributed by atoms with Crippen LogP contribution in [0.2, 0.25) is 0 Å². The molecule has 2 aromatic carbocycles. The van der Waals surface area contributed by atoms with Crippen molar-refractivity contribution >= 4 is 17.6 Å².